The minimum atomic E-state index is 0. The third-order valence-corrected chi connectivity index (χ3v) is 4.63. The van der Waals surface area contributed by atoms with Crippen molar-refractivity contribution >= 4 is 36.4 Å². The summed E-state index contributed by atoms with van der Waals surface area (Å²) < 4.78 is 0. The molecule has 4 nitrogen and oxygen atoms in total. The number of nitrogens with one attached hydrogen (secondary N) is 2. The van der Waals surface area contributed by atoms with E-state index in [1.165, 1.54) is 17.7 Å². The van der Waals surface area contributed by atoms with Gasteiger partial charge in [-0.1, -0.05) is 24.6 Å². The number of nitrogens with zero attached hydrogens (tertiary/aromatic N) is 1. The summed E-state index contributed by atoms with van der Waals surface area (Å²) in [6.07, 6.45) is 4.41. The third-order valence-electron chi connectivity index (χ3n) is 4.63. The molecule has 23 heavy (non-hydrogen) atoms. The monoisotopic (exact) mass is 359 g/mol. The van der Waals surface area contributed by atoms with Crippen molar-refractivity contribution in [1.29, 1.82) is 0 Å². The van der Waals surface area contributed by atoms with E-state index < -0.39 is 0 Å². The lowest BCUT2D eigenvalue weighted by molar-refractivity contribution is -0.123. The van der Waals surface area contributed by atoms with Gasteiger partial charge >= 0.3 is 0 Å². The Kier molecular flexibility index (Phi) is 8.17. The maximum absolute atomic E-state index is 12.1. The molecule has 0 aromatic heterocycles. The molecule has 2 heterocycles. The molecule has 130 valence electrons. The number of piperidine rings is 1. The van der Waals surface area contributed by atoms with Crippen LogP contribution in [0.5, 0.6) is 0 Å². The lowest BCUT2D eigenvalue weighted by Crippen LogP contribution is -2.48. The molecular formula is C17H27Cl2N3O. The van der Waals surface area contributed by atoms with Gasteiger partial charge in [0.1, 0.15) is 0 Å². The van der Waals surface area contributed by atoms with Gasteiger partial charge in [0.25, 0.3) is 0 Å². The van der Waals surface area contributed by atoms with Crippen molar-refractivity contribution in [2.45, 2.75) is 44.7 Å². The molecular weight excluding hydrogens is 333 g/mol. The minimum absolute atomic E-state index is 0. The Morgan fingerprint density at radius 2 is 2.09 bits per heavy atom. The van der Waals surface area contributed by atoms with Crippen LogP contribution in [0, 0.1) is 0 Å². The fourth-order valence-corrected chi connectivity index (χ4v) is 3.47. The number of amides is 1. The highest BCUT2D eigenvalue weighted by Gasteiger charge is 2.25. The van der Waals surface area contributed by atoms with E-state index in [2.05, 4.69) is 46.7 Å². The van der Waals surface area contributed by atoms with Crippen molar-refractivity contribution in [3.05, 3.63) is 29.8 Å². The van der Waals surface area contributed by atoms with Crippen LogP contribution in [0.2, 0.25) is 0 Å². The molecule has 1 saturated heterocycles. The zero-order chi connectivity index (χ0) is 14.7. The number of halogens is 2. The summed E-state index contributed by atoms with van der Waals surface area (Å²) in [5, 5.41) is 6.38. The van der Waals surface area contributed by atoms with Crippen LogP contribution in [-0.2, 0) is 11.2 Å². The number of benzene rings is 1. The number of hydrogen-bond donors (Lipinski definition) is 2. The van der Waals surface area contributed by atoms with Crippen LogP contribution in [-0.4, -0.2) is 37.6 Å². The molecule has 2 aliphatic heterocycles. The van der Waals surface area contributed by atoms with Gasteiger partial charge in [-0.2, -0.15) is 0 Å². The molecule has 0 spiro atoms. The van der Waals surface area contributed by atoms with Crippen molar-refractivity contribution in [3.63, 3.8) is 0 Å². The van der Waals surface area contributed by atoms with Gasteiger partial charge in [0, 0.05) is 24.8 Å². The molecule has 1 aromatic rings. The summed E-state index contributed by atoms with van der Waals surface area (Å²) in [6.45, 7) is 4.82. The second-order valence-electron chi connectivity index (χ2n) is 6.17. The summed E-state index contributed by atoms with van der Waals surface area (Å²) in [7, 11) is 0. The van der Waals surface area contributed by atoms with Gasteiger partial charge in [-0.05, 0) is 44.4 Å². The van der Waals surface area contributed by atoms with Crippen LogP contribution in [0.25, 0.3) is 0 Å². The highest BCUT2D eigenvalue weighted by Crippen LogP contribution is 2.31. The van der Waals surface area contributed by atoms with Crippen LogP contribution in [0.3, 0.4) is 0 Å². The van der Waals surface area contributed by atoms with Crippen molar-refractivity contribution in [2.24, 2.45) is 0 Å². The second-order valence-corrected chi connectivity index (χ2v) is 6.17. The molecule has 0 saturated carbocycles. The Labute approximate surface area is 151 Å². The largest absolute Gasteiger partial charge is 0.367 e. The zero-order valence-electron chi connectivity index (χ0n) is 13.6. The van der Waals surface area contributed by atoms with Gasteiger partial charge in [-0.3, -0.25) is 4.79 Å². The van der Waals surface area contributed by atoms with E-state index in [0.717, 1.165) is 38.9 Å². The summed E-state index contributed by atoms with van der Waals surface area (Å²) in [5.41, 5.74) is 2.75. The maximum atomic E-state index is 12.1. The maximum Gasteiger partial charge on any atom is 0.237 e. The molecule has 2 atom stereocenters. The van der Waals surface area contributed by atoms with Gasteiger partial charge in [0.05, 0.1) is 6.04 Å². The van der Waals surface area contributed by atoms with Crippen LogP contribution in [0.4, 0.5) is 5.69 Å². The fraction of sp³-hybridized carbons (Fsp3) is 0.588. The summed E-state index contributed by atoms with van der Waals surface area (Å²) in [6, 6.07) is 9.12. The standard InChI is InChI=1S/C17H25N3O.2ClH/c1-13-12-14-6-2-3-8-16(14)20(13)11-10-19-17(21)15-7-4-5-9-18-15;;/h2-3,6,8,13,15,18H,4-5,7,9-12H2,1H3,(H,19,21);2*1H/t13?,15-;;/m1../s1. The normalized spacial score (nSPS) is 22.6. The first kappa shape index (κ1) is 20.1. The van der Waals surface area contributed by atoms with Crippen molar-refractivity contribution in [2.75, 3.05) is 24.5 Å². The average Bonchev–Trinajstić information content (AvgIpc) is 2.84. The fourth-order valence-electron chi connectivity index (χ4n) is 3.47. The minimum Gasteiger partial charge on any atom is -0.367 e. The van der Waals surface area contributed by atoms with E-state index in [9.17, 15) is 4.79 Å². The number of carbonyl (C=O) groups excluding carboxylic acids is 1. The Morgan fingerprint density at radius 3 is 2.83 bits per heavy atom. The van der Waals surface area contributed by atoms with Crippen molar-refractivity contribution < 1.29 is 4.79 Å². The molecule has 1 aromatic carbocycles. The van der Waals surface area contributed by atoms with Gasteiger partial charge in [0.2, 0.25) is 5.91 Å². The quantitative estimate of drug-likeness (QED) is 0.867. The molecule has 1 amide bonds. The average molecular weight is 360 g/mol. The van der Waals surface area contributed by atoms with Gasteiger partial charge < -0.3 is 15.5 Å². The second kappa shape index (κ2) is 9.36. The lowest BCUT2D eigenvalue weighted by Gasteiger charge is -2.26. The summed E-state index contributed by atoms with van der Waals surface area (Å²) >= 11 is 0. The Bertz CT molecular complexity index is 506. The molecule has 0 radical (unpaired) electrons. The van der Waals surface area contributed by atoms with E-state index in [4.69, 9.17) is 0 Å². The van der Waals surface area contributed by atoms with Crippen LogP contribution in [0.1, 0.15) is 31.7 Å². The number of rotatable bonds is 4. The number of anilines is 1. The van der Waals surface area contributed by atoms with E-state index in [0.29, 0.717) is 6.04 Å². The SMILES string of the molecule is CC1Cc2ccccc2N1CCNC(=O)[C@H]1CCCCN1.Cl.Cl. The predicted octanol–water partition coefficient (Wildman–Crippen LogP) is 2.54. The first-order chi connectivity index (χ1) is 10.3. The number of carbonyl (C=O) groups is 1. The molecule has 0 aliphatic carbocycles. The molecule has 2 aliphatic rings. The van der Waals surface area contributed by atoms with E-state index >= 15 is 0 Å². The molecule has 6 heteroatoms. The van der Waals surface area contributed by atoms with Crippen LogP contribution >= 0.6 is 24.8 Å². The molecule has 2 N–H and O–H groups in total. The highest BCUT2D eigenvalue weighted by molar-refractivity contribution is 5.85. The van der Waals surface area contributed by atoms with Gasteiger partial charge in [0.15, 0.2) is 0 Å². The zero-order valence-corrected chi connectivity index (χ0v) is 15.2. The number of para-hydroxylation sites is 1. The van der Waals surface area contributed by atoms with Gasteiger partial charge in [-0.15, -0.1) is 24.8 Å². The molecule has 1 fully saturated rings. The van der Waals surface area contributed by atoms with E-state index in [-0.39, 0.29) is 36.8 Å². The van der Waals surface area contributed by atoms with Crippen molar-refractivity contribution in [1.82, 2.24) is 10.6 Å². The Morgan fingerprint density at radius 1 is 1.30 bits per heavy atom. The van der Waals surface area contributed by atoms with Crippen LogP contribution < -0.4 is 15.5 Å². The lowest BCUT2D eigenvalue weighted by atomic mass is 10.0. The Hall–Kier alpha value is -0.970. The van der Waals surface area contributed by atoms with Gasteiger partial charge in [-0.25, -0.2) is 0 Å². The van der Waals surface area contributed by atoms with E-state index in [1.807, 2.05) is 0 Å². The van der Waals surface area contributed by atoms with E-state index in [1.54, 1.807) is 0 Å². The topological polar surface area (TPSA) is 44.4 Å². The number of fused-ring (bicyclic) bond motifs is 1. The Balaban J connectivity index is 0.00000132. The first-order valence-electron chi connectivity index (χ1n) is 8.11. The molecule has 3 rings (SSSR count). The number of hydrogen-bond acceptors (Lipinski definition) is 3. The smallest absolute Gasteiger partial charge is 0.237 e. The molecule has 1 unspecified atom stereocenters. The van der Waals surface area contributed by atoms with Crippen molar-refractivity contribution in [3.8, 4) is 0 Å². The predicted molar refractivity (Wildman–Crippen MR) is 100 cm³/mol. The summed E-state index contributed by atoms with van der Waals surface area (Å²) in [5.74, 6) is 0.162. The highest BCUT2D eigenvalue weighted by atomic mass is 35.5. The molecule has 0 bridgehead atoms. The van der Waals surface area contributed by atoms with Crippen LogP contribution in [0.15, 0.2) is 24.3 Å². The third kappa shape index (κ3) is 4.75. The summed E-state index contributed by atoms with van der Waals surface area (Å²) in [4.78, 5) is 14.5. The first-order valence-corrected chi connectivity index (χ1v) is 8.11.